The lowest BCUT2D eigenvalue weighted by Gasteiger charge is -2.18. The molecule has 0 bridgehead atoms. The van der Waals surface area contributed by atoms with Crippen LogP contribution in [0, 0.1) is 0 Å². The van der Waals surface area contributed by atoms with Crippen molar-refractivity contribution in [3.8, 4) is 0 Å². The normalized spacial score (nSPS) is 13.3. The molecule has 1 unspecified atom stereocenters. The molecule has 0 saturated heterocycles. The van der Waals surface area contributed by atoms with Crippen LogP contribution in [0.25, 0.3) is 0 Å². The summed E-state index contributed by atoms with van der Waals surface area (Å²) in [6.07, 6.45) is 75.3. The molecule has 0 aromatic carbocycles. The molecule has 0 saturated carbocycles. The zero-order chi connectivity index (χ0) is 47.9. The zero-order valence-electron chi connectivity index (χ0n) is 41.9. The lowest BCUT2D eigenvalue weighted by atomic mass is 10.1. The minimum Gasteiger partial charge on any atom is -0.462 e. The van der Waals surface area contributed by atoms with E-state index in [4.69, 9.17) is 14.2 Å². The van der Waals surface area contributed by atoms with Crippen molar-refractivity contribution in [2.24, 2.45) is 0 Å². The molecule has 0 N–H and O–H groups in total. The fourth-order valence-corrected chi connectivity index (χ4v) is 6.44. The van der Waals surface area contributed by atoms with E-state index in [1.165, 1.54) is 44.9 Å². The fourth-order valence-electron chi connectivity index (χ4n) is 6.44. The number of esters is 3. The van der Waals surface area contributed by atoms with E-state index >= 15 is 0 Å². The van der Waals surface area contributed by atoms with E-state index in [-0.39, 0.29) is 37.5 Å². The second-order valence-electron chi connectivity index (χ2n) is 16.6. The molecular weight excluding hydrogens is 817 g/mol. The molecular formula is C60H92O6. The van der Waals surface area contributed by atoms with Crippen molar-refractivity contribution in [1.29, 1.82) is 0 Å². The van der Waals surface area contributed by atoms with Gasteiger partial charge in [0.25, 0.3) is 0 Å². The van der Waals surface area contributed by atoms with Gasteiger partial charge in [0.05, 0.1) is 0 Å². The number of carbonyl (C=O) groups is 3. The highest BCUT2D eigenvalue weighted by atomic mass is 16.6. The van der Waals surface area contributed by atoms with Gasteiger partial charge in [-0.15, -0.1) is 0 Å². The van der Waals surface area contributed by atoms with Gasteiger partial charge in [0.15, 0.2) is 6.10 Å². The molecule has 0 fully saturated rings. The van der Waals surface area contributed by atoms with Crippen LogP contribution in [0.5, 0.6) is 0 Å². The summed E-state index contributed by atoms with van der Waals surface area (Å²) in [4.78, 5) is 38.0. The van der Waals surface area contributed by atoms with E-state index < -0.39 is 6.10 Å². The van der Waals surface area contributed by atoms with Gasteiger partial charge in [0.1, 0.15) is 13.2 Å². The highest BCUT2D eigenvalue weighted by Gasteiger charge is 2.19. The molecule has 0 rings (SSSR count). The number of unbranched alkanes of at least 4 members (excludes halogenated alkanes) is 18. The highest BCUT2D eigenvalue weighted by Crippen LogP contribution is 2.12. The van der Waals surface area contributed by atoms with Crippen molar-refractivity contribution in [3.63, 3.8) is 0 Å². The first-order valence-corrected chi connectivity index (χ1v) is 26.0. The predicted octanol–water partition coefficient (Wildman–Crippen LogP) is 17.3. The van der Waals surface area contributed by atoms with Crippen LogP contribution in [0.2, 0.25) is 0 Å². The van der Waals surface area contributed by atoms with E-state index in [0.29, 0.717) is 19.3 Å². The SMILES string of the molecule is CC\C=C/C=C\C=C/C=C\C=C\C=C/CCCCCC(=O)OC(COC(=O)CCCCC/C=C\CCCCCCCC)COC(=O)CCCCCCC\C=C/C=C\C=C/C=C\C=C/CCC. The lowest BCUT2D eigenvalue weighted by Crippen LogP contribution is -2.30. The summed E-state index contributed by atoms with van der Waals surface area (Å²) in [5, 5.41) is 0. The maximum atomic E-state index is 12.8. The summed E-state index contributed by atoms with van der Waals surface area (Å²) in [7, 11) is 0. The average molecular weight is 909 g/mol. The van der Waals surface area contributed by atoms with Crippen LogP contribution < -0.4 is 0 Å². The van der Waals surface area contributed by atoms with E-state index in [0.717, 1.165) is 103 Å². The zero-order valence-corrected chi connectivity index (χ0v) is 41.9. The van der Waals surface area contributed by atoms with Gasteiger partial charge in [0, 0.05) is 19.3 Å². The van der Waals surface area contributed by atoms with Gasteiger partial charge in [-0.25, -0.2) is 0 Å². The molecule has 0 aliphatic carbocycles. The number of hydrogen-bond acceptors (Lipinski definition) is 6. The van der Waals surface area contributed by atoms with Crippen molar-refractivity contribution >= 4 is 17.9 Å². The molecule has 0 heterocycles. The van der Waals surface area contributed by atoms with Gasteiger partial charge in [0.2, 0.25) is 0 Å². The van der Waals surface area contributed by atoms with Gasteiger partial charge in [-0.3, -0.25) is 14.4 Å². The second-order valence-corrected chi connectivity index (χ2v) is 16.6. The largest absolute Gasteiger partial charge is 0.462 e. The average Bonchev–Trinajstić information content (AvgIpc) is 3.31. The van der Waals surface area contributed by atoms with E-state index in [1.54, 1.807) is 0 Å². The third kappa shape index (κ3) is 50.3. The highest BCUT2D eigenvalue weighted by molar-refractivity contribution is 5.71. The minimum absolute atomic E-state index is 0.119. The third-order valence-corrected chi connectivity index (χ3v) is 10.3. The molecule has 0 aliphatic heterocycles. The maximum Gasteiger partial charge on any atom is 0.306 e. The first-order valence-electron chi connectivity index (χ1n) is 26.0. The van der Waals surface area contributed by atoms with Crippen LogP contribution in [0.1, 0.15) is 194 Å². The topological polar surface area (TPSA) is 78.9 Å². The first kappa shape index (κ1) is 61.3. The number of rotatable bonds is 44. The van der Waals surface area contributed by atoms with Crippen LogP contribution in [-0.4, -0.2) is 37.2 Å². The third-order valence-electron chi connectivity index (χ3n) is 10.3. The molecule has 6 heteroatoms. The van der Waals surface area contributed by atoms with Gasteiger partial charge in [-0.1, -0.05) is 237 Å². The van der Waals surface area contributed by atoms with Crippen LogP contribution in [-0.2, 0) is 28.6 Å². The minimum atomic E-state index is -0.825. The Hall–Kier alpha value is -4.71. The lowest BCUT2D eigenvalue weighted by molar-refractivity contribution is -0.167. The Morgan fingerprint density at radius 1 is 0.318 bits per heavy atom. The van der Waals surface area contributed by atoms with Crippen molar-refractivity contribution in [2.75, 3.05) is 13.2 Å². The Balaban J connectivity index is 4.59. The van der Waals surface area contributed by atoms with Crippen LogP contribution >= 0.6 is 0 Å². The molecule has 66 heavy (non-hydrogen) atoms. The van der Waals surface area contributed by atoms with Gasteiger partial charge in [-0.05, 0) is 83.5 Å². The molecule has 0 aromatic heterocycles. The van der Waals surface area contributed by atoms with Crippen molar-refractivity contribution in [3.05, 3.63) is 146 Å². The van der Waals surface area contributed by atoms with Crippen molar-refractivity contribution < 1.29 is 28.6 Å². The summed E-state index contributed by atoms with van der Waals surface area (Å²) >= 11 is 0. The molecule has 0 radical (unpaired) electrons. The van der Waals surface area contributed by atoms with Gasteiger partial charge in [-0.2, -0.15) is 0 Å². The summed E-state index contributed by atoms with van der Waals surface area (Å²) in [6.45, 7) is 6.30. The predicted molar refractivity (Wildman–Crippen MR) is 283 cm³/mol. The Bertz CT molecular complexity index is 1510. The first-order chi connectivity index (χ1) is 32.5. The second kappa shape index (κ2) is 52.9. The van der Waals surface area contributed by atoms with E-state index in [9.17, 15) is 14.4 Å². The molecule has 368 valence electrons. The Morgan fingerprint density at radius 2 is 0.636 bits per heavy atom. The number of allylic oxidation sites excluding steroid dienone is 24. The van der Waals surface area contributed by atoms with Gasteiger partial charge >= 0.3 is 17.9 Å². The van der Waals surface area contributed by atoms with Gasteiger partial charge < -0.3 is 14.2 Å². The van der Waals surface area contributed by atoms with E-state index in [2.05, 4.69) is 69.4 Å². The molecule has 0 amide bonds. The smallest absolute Gasteiger partial charge is 0.306 e. The molecule has 0 aromatic rings. The van der Waals surface area contributed by atoms with Crippen LogP contribution in [0.4, 0.5) is 0 Å². The van der Waals surface area contributed by atoms with E-state index in [1.807, 2.05) is 97.2 Å². The molecule has 6 nitrogen and oxygen atoms in total. The maximum absolute atomic E-state index is 12.8. The number of carbonyl (C=O) groups excluding carboxylic acids is 3. The van der Waals surface area contributed by atoms with Crippen LogP contribution in [0.15, 0.2) is 146 Å². The summed E-state index contributed by atoms with van der Waals surface area (Å²) in [5.41, 5.74) is 0. The Kier molecular flexibility index (Phi) is 49.1. The summed E-state index contributed by atoms with van der Waals surface area (Å²) < 4.78 is 16.7. The Morgan fingerprint density at radius 3 is 1.05 bits per heavy atom. The summed E-state index contributed by atoms with van der Waals surface area (Å²) in [5.74, 6) is -1.01. The number of hydrogen-bond donors (Lipinski definition) is 0. The van der Waals surface area contributed by atoms with Crippen molar-refractivity contribution in [1.82, 2.24) is 0 Å². The van der Waals surface area contributed by atoms with Crippen molar-refractivity contribution in [2.45, 2.75) is 200 Å². The fraction of sp³-hybridized carbons (Fsp3) is 0.550. The molecule has 0 aliphatic rings. The number of ether oxygens (including phenoxy) is 3. The standard InChI is InChI=1S/C60H92O6/c1-4-7-10-13-16-19-22-25-27-29-31-32-35-38-41-44-47-50-53-59(62)65-56-57(55-64-58(61)52-49-46-43-40-37-34-24-21-18-15-12-9-6-3)66-60(63)54-51-48-45-42-39-36-33-30-28-26-23-20-17-14-11-8-5-2/h8,10-11,13-14,16-17,19-20,22-23,25-34,36-37,39,57H,4-7,9,12,15,18,21,24,35,38,40-56H2,1-3H3/b11-8-,13-10-,17-14-,19-16-,23-20-,25-22-,28-26-,29-27-,32-31-,33-30+,37-34-,39-36-. The quantitative estimate of drug-likeness (QED) is 0.0199. The summed E-state index contributed by atoms with van der Waals surface area (Å²) in [6, 6.07) is 0. The molecule has 0 spiro atoms. The monoisotopic (exact) mass is 909 g/mol. The Labute approximate surface area is 404 Å². The van der Waals surface area contributed by atoms with Crippen LogP contribution in [0.3, 0.4) is 0 Å². The molecule has 1 atom stereocenters.